The average Bonchev–Trinajstić information content (AvgIpc) is 1.69. The van der Waals surface area contributed by atoms with Gasteiger partial charge in [-0.1, -0.05) is 13.5 Å². The minimum atomic E-state index is -0.428. The summed E-state index contributed by atoms with van der Waals surface area (Å²) in [6, 6.07) is 4.57. The lowest BCUT2D eigenvalue weighted by atomic mass is 10.5. The molecular formula is C6H8FN. The first-order valence-corrected chi connectivity index (χ1v) is 1.96. The van der Waals surface area contributed by atoms with E-state index < -0.39 is 5.95 Å². The minimum absolute atomic E-state index is 0. The molecule has 0 unspecified atom stereocenters. The van der Waals surface area contributed by atoms with Crippen LogP contribution in [0.25, 0.3) is 0 Å². The van der Waals surface area contributed by atoms with Gasteiger partial charge in [0.15, 0.2) is 0 Å². The first kappa shape index (κ1) is 7.08. The SMILES string of the molecule is C.Fc1ccccn1. The van der Waals surface area contributed by atoms with E-state index in [4.69, 9.17) is 0 Å². The smallest absolute Gasteiger partial charge is 0.212 e. The highest BCUT2D eigenvalue weighted by Crippen LogP contribution is 1.85. The molecule has 0 bridgehead atoms. The van der Waals surface area contributed by atoms with Crippen molar-refractivity contribution < 1.29 is 4.39 Å². The molecule has 0 aromatic carbocycles. The van der Waals surface area contributed by atoms with Crippen molar-refractivity contribution in [3.8, 4) is 0 Å². The Kier molecular flexibility index (Phi) is 2.77. The maximum absolute atomic E-state index is 11.8. The Balaban J connectivity index is 0.000000490. The summed E-state index contributed by atoms with van der Waals surface area (Å²) < 4.78 is 11.8. The molecule has 0 radical (unpaired) electrons. The van der Waals surface area contributed by atoms with E-state index in [9.17, 15) is 4.39 Å². The van der Waals surface area contributed by atoms with E-state index in [1.807, 2.05) is 0 Å². The summed E-state index contributed by atoms with van der Waals surface area (Å²) in [6.45, 7) is 0. The van der Waals surface area contributed by atoms with Crippen LogP contribution >= 0.6 is 0 Å². The van der Waals surface area contributed by atoms with Crippen LogP contribution < -0.4 is 0 Å². The highest BCUT2D eigenvalue weighted by Gasteiger charge is 1.78. The Bertz CT molecular complexity index is 138. The molecule has 0 spiro atoms. The third-order valence-electron chi connectivity index (χ3n) is 0.629. The molecule has 0 aliphatic rings. The van der Waals surface area contributed by atoms with Gasteiger partial charge in [-0.25, -0.2) is 4.98 Å². The maximum atomic E-state index is 11.8. The zero-order valence-electron chi connectivity index (χ0n) is 3.63. The Hall–Kier alpha value is -0.920. The molecule has 0 saturated heterocycles. The van der Waals surface area contributed by atoms with Gasteiger partial charge in [0.25, 0.3) is 0 Å². The zero-order valence-corrected chi connectivity index (χ0v) is 3.63. The summed E-state index contributed by atoms with van der Waals surface area (Å²) in [4.78, 5) is 3.31. The van der Waals surface area contributed by atoms with Crippen LogP contribution in [0.4, 0.5) is 4.39 Å². The first-order chi connectivity index (χ1) is 3.39. The van der Waals surface area contributed by atoms with E-state index in [2.05, 4.69) is 4.98 Å². The Morgan fingerprint density at radius 3 is 2.38 bits per heavy atom. The second-order valence-electron chi connectivity index (χ2n) is 1.15. The van der Waals surface area contributed by atoms with E-state index in [-0.39, 0.29) is 7.43 Å². The van der Waals surface area contributed by atoms with Crippen LogP contribution in [0, 0.1) is 5.95 Å². The topological polar surface area (TPSA) is 12.9 Å². The van der Waals surface area contributed by atoms with E-state index in [0.29, 0.717) is 0 Å². The van der Waals surface area contributed by atoms with Crippen LogP contribution in [0.3, 0.4) is 0 Å². The number of nitrogens with zero attached hydrogens (tertiary/aromatic N) is 1. The van der Waals surface area contributed by atoms with Crippen LogP contribution in [0.2, 0.25) is 0 Å². The van der Waals surface area contributed by atoms with E-state index >= 15 is 0 Å². The summed E-state index contributed by atoms with van der Waals surface area (Å²) in [5.41, 5.74) is 0. The van der Waals surface area contributed by atoms with Crippen molar-refractivity contribution >= 4 is 0 Å². The van der Waals surface area contributed by atoms with E-state index in [1.54, 1.807) is 12.1 Å². The van der Waals surface area contributed by atoms with Crippen molar-refractivity contribution in [3.63, 3.8) is 0 Å². The minimum Gasteiger partial charge on any atom is -0.228 e. The molecular weight excluding hydrogens is 105 g/mol. The Labute approximate surface area is 48.2 Å². The second-order valence-corrected chi connectivity index (χ2v) is 1.15. The summed E-state index contributed by atoms with van der Waals surface area (Å²) >= 11 is 0. The third-order valence-corrected chi connectivity index (χ3v) is 0.629. The number of pyridine rings is 1. The number of rotatable bonds is 0. The maximum Gasteiger partial charge on any atom is 0.212 e. The summed E-state index contributed by atoms with van der Waals surface area (Å²) in [6.07, 6.45) is 1.41. The largest absolute Gasteiger partial charge is 0.228 e. The van der Waals surface area contributed by atoms with Crippen molar-refractivity contribution in [1.82, 2.24) is 4.98 Å². The molecule has 44 valence electrons. The number of hydrogen-bond acceptors (Lipinski definition) is 1. The van der Waals surface area contributed by atoms with Gasteiger partial charge in [0.1, 0.15) is 0 Å². The molecule has 0 saturated carbocycles. The highest BCUT2D eigenvalue weighted by molar-refractivity contribution is 4.90. The van der Waals surface area contributed by atoms with E-state index in [1.165, 1.54) is 12.3 Å². The van der Waals surface area contributed by atoms with Crippen molar-refractivity contribution in [1.29, 1.82) is 0 Å². The molecule has 0 aliphatic heterocycles. The molecule has 0 atom stereocenters. The van der Waals surface area contributed by atoms with Crippen molar-refractivity contribution in [3.05, 3.63) is 30.3 Å². The molecule has 2 heteroatoms. The summed E-state index contributed by atoms with van der Waals surface area (Å²) in [5.74, 6) is -0.428. The molecule has 0 N–H and O–H groups in total. The van der Waals surface area contributed by atoms with Crippen LogP contribution in [0.15, 0.2) is 24.4 Å². The van der Waals surface area contributed by atoms with Crippen molar-refractivity contribution in [2.24, 2.45) is 0 Å². The molecule has 8 heavy (non-hydrogen) atoms. The van der Waals surface area contributed by atoms with Gasteiger partial charge >= 0.3 is 0 Å². The van der Waals surface area contributed by atoms with Gasteiger partial charge in [-0.2, -0.15) is 4.39 Å². The van der Waals surface area contributed by atoms with Gasteiger partial charge in [0.05, 0.1) is 0 Å². The molecule has 0 aliphatic carbocycles. The fraction of sp³-hybridized carbons (Fsp3) is 0.167. The predicted molar refractivity (Wildman–Crippen MR) is 30.9 cm³/mol. The van der Waals surface area contributed by atoms with Crippen LogP contribution in [-0.4, -0.2) is 4.98 Å². The van der Waals surface area contributed by atoms with Crippen LogP contribution in [0.5, 0.6) is 0 Å². The van der Waals surface area contributed by atoms with Gasteiger partial charge in [-0.05, 0) is 12.1 Å². The molecule has 1 aromatic rings. The number of aromatic nitrogens is 1. The third kappa shape index (κ3) is 1.69. The van der Waals surface area contributed by atoms with Gasteiger partial charge in [0.2, 0.25) is 5.95 Å². The molecule has 1 nitrogen and oxygen atoms in total. The van der Waals surface area contributed by atoms with Gasteiger partial charge in [-0.3, -0.25) is 0 Å². The first-order valence-electron chi connectivity index (χ1n) is 1.96. The van der Waals surface area contributed by atoms with Crippen LogP contribution in [0.1, 0.15) is 7.43 Å². The quantitative estimate of drug-likeness (QED) is 0.468. The highest BCUT2D eigenvalue weighted by atomic mass is 19.1. The second kappa shape index (κ2) is 3.13. The predicted octanol–water partition coefficient (Wildman–Crippen LogP) is 1.86. The number of halogens is 1. The lowest BCUT2D eigenvalue weighted by molar-refractivity contribution is 0.584. The Morgan fingerprint density at radius 2 is 2.12 bits per heavy atom. The normalized spacial score (nSPS) is 7.62. The molecule has 0 amide bonds. The molecule has 1 heterocycles. The summed E-state index contributed by atoms with van der Waals surface area (Å²) in [7, 11) is 0. The van der Waals surface area contributed by atoms with Crippen LogP contribution in [-0.2, 0) is 0 Å². The fourth-order valence-electron chi connectivity index (χ4n) is 0.342. The summed E-state index contributed by atoms with van der Waals surface area (Å²) in [5, 5.41) is 0. The van der Waals surface area contributed by atoms with Gasteiger partial charge < -0.3 is 0 Å². The monoisotopic (exact) mass is 113 g/mol. The van der Waals surface area contributed by atoms with Crippen molar-refractivity contribution in [2.45, 2.75) is 7.43 Å². The van der Waals surface area contributed by atoms with Crippen molar-refractivity contribution in [2.75, 3.05) is 0 Å². The zero-order chi connectivity index (χ0) is 5.11. The fourth-order valence-corrected chi connectivity index (χ4v) is 0.342. The van der Waals surface area contributed by atoms with Gasteiger partial charge in [-0.15, -0.1) is 0 Å². The van der Waals surface area contributed by atoms with Gasteiger partial charge in [0, 0.05) is 6.20 Å². The lowest BCUT2D eigenvalue weighted by Gasteiger charge is -1.78. The number of hydrogen-bond donors (Lipinski definition) is 0. The molecule has 1 rings (SSSR count). The standard InChI is InChI=1S/C5H4FN.CH4/c6-5-3-1-2-4-7-5;/h1-4H;1H4. The molecule has 1 aromatic heterocycles. The molecule has 0 fully saturated rings. The lowest BCUT2D eigenvalue weighted by Crippen LogP contribution is -1.73. The average molecular weight is 113 g/mol. The van der Waals surface area contributed by atoms with E-state index in [0.717, 1.165) is 0 Å². The Morgan fingerprint density at radius 1 is 1.38 bits per heavy atom.